The van der Waals surface area contributed by atoms with E-state index in [0.717, 1.165) is 6.54 Å². The maximum absolute atomic E-state index is 3.49. The molecule has 18 heavy (non-hydrogen) atoms. The van der Waals surface area contributed by atoms with Gasteiger partial charge in [-0.05, 0) is 42.6 Å². The summed E-state index contributed by atoms with van der Waals surface area (Å²) in [5.41, 5.74) is 5.37. The lowest BCUT2D eigenvalue weighted by Gasteiger charge is -2.18. The molecule has 0 saturated heterocycles. The van der Waals surface area contributed by atoms with Gasteiger partial charge >= 0.3 is 0 Å². The summed E-state index contributed by atoms with van der Waals surface area (Å²) >= 11 is 0. The van der Waals surface area contributed by atoms with E-state index in [1.54, 1.807) is 0 Å². The summed E-state index contributed by atoms with van der Waals surface area (Å²) in [6.45, 7) is 7.53. The lowest BCUT2D eigenvalue weighted by Crippen LogP contribution is -2.18. The van der Waals surface area contributed by atoms with Gasteiger partial charge in [0.25, 0.3) is 0 Å². The summed E-state index contributed by atoms with van der Waals surface area (Å²) in [6, 6.07) is 17.6. The molecule has 0 amide bonds. The van der Waals surface area contributed by atoms with Crippen molar-refractivity contribution in [3.05, 3.63) is 59.7 Å². The Morgan fingerprint density at radius 1 is 0.944 bits per heavy atom. The minimum atomic E-state index is 0.380. The highest BCUT2D eigenvalue weighted by atomic mass is 14.9. The van der Waals surface area contributed by atoms with Crippen LogP contribution in [0.25, 0.3) is 11.1 Å². The Bertz CT molecular complexity index is 517. The second-order valence-corrected chi connectivity index (χ2v) is 4.68. The van der Waals surface area contributed by atoms with Gasteiger partial charge in [0.1, 0.15) is 0 Å². The predicted molar refractivity (Wildman–Crippen MR) is 78.7 cm³/mol. The molecule has 0 saturated carbocycles. The van der Waals surface area contributed by atoms with E-state index in [0.29, 0.717) is 6.04 Å². The van der Waals surface area contributed by atoms with Gasteiger partial charge in [0.05, 0.1) is 0 Å². The highest BCUT2D eigenvalue weighted by Gasteiger charge is 2.11. The Labute approximate surface area is 110 Å². The van der Waals surface area contributed by atoms with Crippen molar-refractivity contribution in [3.63, 3.8) is 0 Å². The van der Waals surface area contributed by atoms with Crippen molar-refractivity contribution in [3.8, 4) is 11.1 Å². The molecule has 1 unspecified atom stereocenters. The average molecular weight is 239 g/mol. The van der Waals surface area contributed by atoms with E-state index in [4.69, 9.17) is 0 Å². The Morgan fingerprint density at radius 2 is 1.56 bits per heavy atom. The molecule has 1 N–H and O–H groups in total. The zero-order valence-electron chi connectivity index (χ0n) is 11.4. The quantitative estimate of drug-likeness (QED) is 0.837. The van der Waals surface area contributed by atoms with Crippen LogP contribution in [0.15, 0.2) is 48.5 Å². The van der Waals surface area contributed by atoms with Crippen LogP contribution in [-0.4, -0.2) is 6.54 Å². The predicted octanol–water partition coefficient (Wildman–Crippen LogP) is 4.33. The lowest BCUT2D eigenvalue weighted by molar-refractivity contribution is 0.599. The van der Waals surface area contributed by atoms with Crippen molar-refractivity contribution in [2.75, 3.05) is 6.54 Å². The van der Waals surface area contributed by atoms with Gasteiger partial charge < -0.3 is 5.32 Å². The summed E-state index contributed by atoms with van der Waals surface area (Å²) in [5, 5.41) is 3.49. The van der Waals surface area contributed by atoms with Crippen molar-refractivity contribution in [2.24, 2.45) is 0 Å². The highest BCUT2D eigenvalue weighted by Crippen LogP contribution is 2.30. The van der Waals surface area contributed by atoms with Crippen molar-refractivity contribution in [1.82, 2.24) is 5.32 Å². The van der Waals surface area contributed by atoms with Crippen LogP contribution in [0.2, 0.25) is 0 Å². The molecule has 0 aromatic heterocycles. The molecule has 0 bridgehead atoms. The number of hydrogen-bond acceptors (Lipinski definition) is 1. The molecule has 0 heterocycles. The third-order valence-corrected chi connectivity index (χ3v) is 3.37. The summed E-state index contributed by atoms with van der Waals surface area (Å²) in [7, 11) is 0. The van der Waals surface area contributed by atoms with Crippen LogP contribution in [0.5, 0.6) is 0 Å². The van der Waals surface area contributed by atoms with Crippen LogP contribution in [0.1, 0.15) is 31.0 Å². The van der Waals surface area contributed by atoms with E-state index in [2.05, 4.69) is 74.6 Å². The van der Waals surface area contributed by atoms with Crippen LogP contribution < -0.4 is 5.32 Å². The van der Waals surface area contributed by atoms with E-state index in [9.17, 15) is 0 Å². The standard InChI is InChI=1S/C17H21N/c1-4-18-14(3)16-11-7-8-12-17(16)15-10-6-5-9-13(15)2/h5-12,14,18H,4H2,1-3H3. The van der Waals surface area contributed by atoms with Crippen LogP contribution >= 0.6 is 0 Å². The fourth-order valence-corrected chi connectivity index (χ4v) is 2.41. The maximum atomic E-state index is 3.49. The summed E-state index contributed by atoms with van der Waals surface area (Å²) in [5.74, 6) is 0. The third kappa shape index (κ3) is 2.62. The van der Waals surface area contributed by atoms with Crippen molar-refractivity contribution >= 4 is 0 Å². The zero-order valence-corrected chi connectivity index (χ0v) is 11.4. The van der Waals surface area contributed by atoms with Gasteiger partial charge in [0, 0.05) is 6.04 Å². The molecule has 0 radical (unpaired) electrons. The van der Waals surface area contributed by atoms with Crippen LogP contribution in [0.3, 0.4) is 0 Å². The molecule has 2 aromatic rings. The Hall–Kier alpha value is -1.60. The fraction of sp³-hybridized carbons (Fsp3) is 0.294. The summed E-state index contributed by atoms with van der Waals surface area (Å²) < 4.78 is 0. The first-order valence-corrected chi connectivity index (χ1v) is 6.62. The van der Waals surface area contributed by atoms with Gasteiger partial charge in [0.15, 0.2) is 0 Å². The maximum Gasteiger partial charge on any atom is 0.0297 e. The molecule has 2 rings (SSSR count). The first-order valence-electron chi connectivity index (χ1n) is 6.62. The summed E-state index contributed by atoms with van der Waals surface area (Å²) in [4.78, 5) is 0. The van der Waals surface area contributed by atoms with E-state index < -0.39 is 0 Å². The molecule has 0 aliphatic carbocycles. The lowest BCUT2D eigenvalue weighted by atomic mass is 9.93. The van der Waals surface area contributed by atoms with E-state index in [1.807, 2.05) is 0 Å². The molecule has 0 fully saturated rings. The second-order valence-electron chi connectivity index (χ2n) is 4.68. The van der Waals surface area contributed by atoms with Crippen molar-refractivity contribution in [1.29, 1.82) is 0 Å². The van der Waals surface area contributed by atoms with E-state index >= 15 is 0 Å². The molecule has 1 heteroatoms. The van der Waals surface area contributed by atoms with Crippen LogP contribution in [0, 0.1) is 6.92 Å². The van der Waals surface area contributed by atoms with Gasteiger partial charge in [-0.25, -0.2) is 0 Å². The molecule has 0 spiro atoms. The normalized spacial score (nSPS) is 12.4. The van der Waals surface area contributed by atoms with Crippen molar-refractivity contribution < 1.29 is 0 Å². The molecule has 94 valence electrons. The average Bonchev–Trinajstić information content (AvgIpc) is 2.40. The van der Waals surface area contributed by atoms with E-state index in [-0.39, 0.29) is 0 Å². The molecular formula is C17H21N. The number of nitrogens with one attached hydrogen (secondary N) is 1. The Balaban J connectivity index is 2.48. The molecule has 0 aliphatic rings. The van der Waals surface area contributed by atoms with E-state index in [1.165, 1.54) is 22.3 Å². The first-order chi connectivity index (χ1) is 8.74. The van der Waals surface area contributed by atoms with Gasteiger partial charge in [-0.2, -0.15) is 0 Å². The fourth-order valence-electron chi connectivity index (χ4n) is 2.41. The number of benzene rings is 2. The highest BCUT2D eigenvalue weighted by molar-refractivity contribution is 5.70. The Morgan fingerprint density at radius 3 is 2.22 bits per heavy atom. The van der Waals surface area contributed by atoms with Gasteiger partial charge in [-0.3, -0.25) is 0 Å². The van der Waals surface area contributed by atoms with Gasteiger partial charge in [-0.15, -0.1) is 0 Å². The number of rotatable bonds is 4. The van der Waals surface area contributed by atoms with Gasteiger partial charge in [-0.1, -0.05) is 55.5 Å². The third-order valence-electron chi connectivity index (χ3n) is 3.37. The number of aryl methyl sites for hydroxylation is 1. The monoisotopic (exact) mass is 239 g/mol. The van der Waals surface area contributed by atoms with Crippen LogP contribution in [-0.2, 0) is 0 Å². The summed E-state index contributed by atoms with van der Waals surface area (Å²) in [6.07, 6.45) is 0. The van der Waals surface area contributed by atoms with Crippen LogP contribution in [0.4, 0.5) is 0 Å². The number of hydrogen-bond donors (Lipinski definition) is 1. The smallest absolute Gasteiger partial charge is 0.0297 e. The minimum Gasteiger partial charge on any atom is -0.310 e. The second kappa shape index (κ2) is 5.83. The molecule has 1 atom stereocenters. The molecule has 2 aromatic carbocycles. The molecule has 0 aliphatic heterocycles. The first kappa shape index (κ1) is 12.8. The largest absolute Gasteiger partial charge is 0.310 e. The van der Waals surface area contributed by atoms with Crippen molar-refractivity contribution in [2.45, 2.75) is 26.8 Å². The minimum absolute atomic E-state index is 0.380. The molecular weight excluding hydrogens is 218 g/mol. The zero-order chi connectivity index (χ0) is 13.0. The Kier molecular flexibility index (Phi) is 4.16. The topological polar surface area (TPSA) is 12.0 Å². The SMILES string of the molecule is CCNC(C)c1ccccc1-c1ccccc1C. The van der Waals surface area contributed by atoms with Gasteiger partial charge in [0.2, 0.25) is 0 Å². The molecule has 1 nitrogen and oxygen atoms in total.